The summed E-state index contributed by atoms with van der Waals surface area (Å²) in [5.41, 5.74) is 4.38. The molecule has 2 aromatic carbocycles. The van der Waals surface area contributed by atoms with Gasteiger partial charge < -0.3 is 14.8 Å². The summed E-state index contributed by atoms with van der Waals surface area (Å²) in [4.78, 5) is 13.2. The Labute approximate surface area is 196 Å². The lowest BCUT2D eigenvalue weighted by molar-refractivity contribution is 0.0935. The van der Waals surface area contributed by atoms with Crippen molar-refractivity contribution in [2.75, 3.05) is 25.7 Å². The van der Waals surface area contributed by atoms with E-state index in [1.807, 2.05) is 24.3 Å². The van der Waals surface area contributed by atoms with E-state index in [1.54, 1.807) is 31.0 Å². The van der Waals surface area contributed by atoms with Crippen LogP contribution in [-0.4, -0.2) is 55.9 Å². The first-order valence-electron chi connectivity index (χ1n) is 10.4. The smallest absolute Gasteiger partial charge is 0.272 e. The van der Waals surface area contributed by atoms with Gasteiger partial charge in [0.15, 0.2) is 27.0 Å². The standard InChI is InChI=1S/C23H22ClN3O5S/c1-31-19-9-13-8-18-21(23(28)25-15-6-7-33(29,30)12-15)26-27(16-5-3-4-14(24)10-16)22(18)17(13)11-20(19)32-2/h3-5,9-11,15H,6-8,12H2,1-2H3,(H,25,28). The first-order chi connectivity index (χ1) is 15.8. The molecule has 1 unspecified atom stereocenters. The van der Waals surface area contributed by atoms with E-state index >= 15 is 0 Å². The van der Waals surface area contributed by atoms with Crippen LogP contribution in [0.2, 0.25) is 5.02 Å². The van der Waals surface area contributed by atoms with Crippen molar-refractivity contribution in [2.45, 2.75) is 18.9 Å². The van der Waals surface area contributed by atoms with E-state index in [0.29, 0.717) is 35.1 Å². The molecule has 1 aliphatic carbocycles. The van der Waals surface area contributed by atoms with E-state index in [1.165, 1.54) is 0 Å². The minimum atomic E-state index is -3.12. The molecule has 2 heterocycles. The van der Waals surface area contributed by atoms with Crippen LogP contribution in [0.15, 0.2) is 36.4 Å². The van der Waals surface area contributed by atoms with Gasteiger partial charge >= 0.3 is 0 Å². The van der Waals surface area contributed by atoms with Crippen molar-refractivity contribution in [2.24, 2.45) is 0 Å². The zero-order valence-corrected chi connectivity index (χ0v) is 19.7. The van der Waals surface area contributed by atoms with Gasteiger partial charge in [0.25, 0.3) is 5.91 Å². The summed E-state index contributed by atoms with van der Waals surface area (Å²) < 4.78 is 36.3. The third-order valence-electron chi connectivity index (χ3n) is 6.05. The molecule has 1 amide bonds. The van der Waals surface area contributed by atoms with Gasteiger partial charge in [0.1, 0.15) is 0 Å². The number of carbonyl (C=O) groups excluding carboxylic acids is 1. The van der Waals surface area contributed by atoms with Gasteiger partial charge in [-0.25, -0.2) is 13.1 Å². The molecule has 8 nitrogen and oxygen atoms in total. The Morgan fingerprint density at radius 3 is 2.61 bits per heavy atom. The molecule has 0 radical (unpaired) electrons. The van der Waals surface area contributed by atoms with Gasteiger partial charge in [0.05, 0.1) is 37.1 Å². The van der Waals surface area contributed by atoms with Crippen LogP contribution in [0.25, 0.3) is 16.9 Å². The predicted octanol–water partition coefficient (Wildman–Crippen LogP) is 3.03. The molecule has 0 saturated carbocycles. The van der Waals surface area contributed by atoms with Gasteiger partial charge in [0.2, 0.25) is 0 Å². The maximum Gasteiger partial charge on any atom is 0.272 e. The van der Waals surface area contributed by atoms with Gasteiger partial charge in [-0.2, -0.15) is 5.10 Å². The highest BCUT2D eigenvalue weighted by Crippen LogP contribution is 2.45. The molecule has 1 saturated heterocycles. The Bertz CT molecular complexity index is 1380. The monoisotopic (exact) mass is 487 g/mol. The molecule has 0 bridgehead atoms. The second kappa shape index (κ2) is 8.07. The van der Waals surface area contributed by atoms with E-state index in [4.69, 9.17) is 21.1 Å². The third-order valence-corrected chi connectivity index (χ3v) is 8.05. The zero-order chi connectivity index (χ0) is 23.3. The van der Waals surface area contributed by atoms with Gasteiger partial charge in [-0.1, -0.05) is 17.7 Å². The van der Waals surface area contributed by atoms with Crippen LogP contribution in [0.3, 0.4) is 0 Å². The summed E-state index contributed by atoms with van der Waals surface area (Å²) in [6.07, 6.45) is 0.886. The Morgan fingerprint density at radius 2 is 1.94 bits per heavy atom. The van der Waals surface area contributed by atoms with E-state index in [-0.39, 0.29) is 23.1 Å². The van der Waals surface area contributed by atoms with Crippen molar-refractivity contribution in [1.29, 1.82) is 0 Å². The molecule has 10 heteroatoms. The van der Waals surface area contributed by atoms with Crippen LogP contribution >= 0.6 is 11.6 Å². The quantitative estimate of drug-likeness (QED) is 0.464. The summed E-state index contributed by atoms with van der Waals surface area (Å²) in [5, 5.41) is 8.05. The van der Waals surface area contributed by atoms with Gasteiger partial charge in [-0.05, 0) is 42.3 Å². The lowest BCUT2D eigenvalue weighted by Gasteiger charge is -2.12. The molecule has 1 N–H and O–H groups in total. The summed E-state index contributed by atoms with van der Waals surface area (Å²) >= 11 is 6.23. The highest BCUT2D eigenvalue weighted by Gasteiger charge is 2.35. The average Bonchev–Trinajstić information content (AvgIpc) is 3.43. The largest absolute Gasteiger partial charge is 0.493 e. The molecular formula is C23H22ClN3O5S. The normalized spacial score (nSPS) is 18.0. The number of aromatic nitrogens is 2. The molecule has 172 valence electrons. The molecule has 1 aliphatic heterocycles. The fourth-order valence-corrected chi connectivity index (χ4v) is 6.37. The minimum Gasteiger partial charge on any atom is -0.493 e. The topological polar surface area (TPSA) is 99.5 Å². The van der Waals surface area contributed by atoms with Gasteiger partial charge in [0, 0.05) is 28.6 Å². The molecule has 0 spiro atoms. The molecule has 5 rings (SSSR count). The molecule has 3 aromatic rings. The van der Waals surface area contributed by atoms with E-state index in [9.17, 15) is 13.2 Å². The van der Waals surface area contributed by atoms with E-state index < -0.39 is 15.9 Å². The van der Waals surface area contributed by atoms with E-state index in [2.05, 4.69) is 10.4 Å². The number of sulfone groups is 1. The first-order valence-corrected chi connectivity index (χ1v) is 12.6. The first kappa shape index (κ1) is 21.8. The number of carbonyl (C=O) groups is 1. The lowest BCUT2D eigenvalue weighted by Crippen LogP contribution is -2.36. The van der Waals surface area contributed by atoms with Crippen molar-refractivity contribution in [3.05, 3.63) is 58.2 Å². The molecule has 2 aliphatic rings. The molecule has 1 aromatic heterocycles. The molecule has 33 heavy (non-hydrogen) atoms. The molecule has 1 atom stereocenters. The number of nitrogens with zero attached hydrogens (tertiary/aromatic N) is 2. The lowest BCUT2D eigenvalue weighted by atomic mass is 10.1. The number of methoxy groups -OCH3 is 2. The number of fused-ring (bicyclic) bond motifs is 3. The molecule has 1 fully saturated rings. The van der Waals surface area contributed by atoms with Crippen LogP contribution in [0.5, 0.6) is 11.5 Å². The van der Waals surface area contributed by atoms with Crippen molar-refractivity contribution in [1.82, 2.24) is 15.1 Å². The number of amides is 1. The number of halogens is 1. The highest BCUT2D eigenvalue weighted by molar-refractivity contribution is 7.91. The predicted molar refractivity (Wildman–Crippen MR) is 124 cm³/mol. The summed E-state index contributed by atoms with van der Waals surface area (Å²) in [6, 6.07) is 10.6. The van der Waals surface area contributed by atoms with Crippen LogP contribution < -0.4 is 14.8 Å². The number of rotatable bonds is 5. The second-order valence-electron chi connectivity index (χ2n) is 8.18. The highest BCUT2D eigenvalue weighted by atomic mass is 35.5. The van der Waals surface area contributed by atoms with Crippen LogP contribution in [-0.2, 0) is 16.3 Å². The Balaban J connectivity index is 1.62. The summed E-state index contributed by atoms with van der Waals surface area (Å²) in [7, 11) is 0.0311. The van der Waals surface area contributed by atoms with Crippen molar-refractivity contribution < 1.29 is 22.7 Å². The van der Waals surface area contributed by atoms with Crippen molar-refractivity contribution >= 4 is 27.3 Å². The number of hydrogen-bond acceptors (Lipinski definition) is 6. The number of nitrogens with one attached hydrogen (secondary N) is 1. The van der Waals surface area contributed by atoms with Crippen LogP contribution in [0.4, 0.5) is 0 Å². The maximum atomic E-state index is 13.2. The van der Waals surface area contributed by atoms with E-state index in [0.717, 1.165) is 22.4 Å². The van der Waals surface area contributed by atoms with Crippen molar-refractivity contribution in [3.63, 3.8) is 0 Å². The number of ether oxygens (including phenoxy) is 2. The Morgan fingerprint density at radius 1 is 1.18 bits per heavy atom. The Hall–Kier alpha value is -3.04. The van der Waals surface area contributed by atoms with Crippen LogP contribution in [0, 0.1) is 0 Å². The average molecular weight is 488 g/mol. The third kappa shape index (κ3) is 3.85. The number of benzene rings is 2. The maximum absolute atomic E-state index is 13.2. The van der Waals surface area contributed by atoms with Crippen LogP contribution in [0.1, 0.15) is 28.0 Å². The summed E-state index contributed by atoms with van der Waals surface area (Å²) in [5.74, 6) is 0.819. The molecular weight excluding hydrogens is 466 g/mol. The fourth-order valence-electron chi connectivity index (χ4n) is 4.51. The minimum absolute atomic E-state index is 0.0510. The zero-order valence-electron chi connectivity index (χ0n) is 18.1. The fraction of sp³-hybridized carbons (Fsp3) is 0.304. The Kier molecular flexibility index (Phi) is 5.33. The van der Waals surface area contributed by atoms with Gasteiger partial charge in [-0.15, -0.1) is 0 Å². The summed E-state index contributed by atoms with van der Waals surface area (Å²) in [6.45, 7) is 0. The van der Waals surface area contributed by atoms with Crippen molar-refractivity contribution in [3.8, 4) is 28.4 Å². The number of hydrogen-bond donors (Lipinski definition) is 1. The SMILES string of the molecule is COc1cc2c(cc1OC)-c1c(c(C(=O)NC3CCS(=O)(=O)C3)nn1-c1cccc(Cl)c1)C2. The second-order valence-corrected chi connectivity index (χ2v) is 10.8. The van der Waals surface area contributed by atoms with Gasteiger partial charge in [-0.3, -0.25) is 4.79 Å².